The van der Waals surface area contributed by atoms with Crippen molar-refractivity contribution in [3.8, 4) is 0 Å². The van der Waals surface area contributed by atoms with Crippen molar-refractivity contribution in [2.24, 2.45) is 4.99 Å². The van der Waals surface area contributed by atoms with Crippen LogP contribution in [0.3, 0.4) is 0 Å². The van der Waals surface area contributed by atoms with Gasteiger partial charge in [-0.05, 0) is 38.3 Å². The molecule has 0 saturated carbocycles. The lowest BCUT2D eigenvalue weighted by Gasteiger charge is -2.11. The molecule has 0 fully saturated rings. The third kappa shape index (κ3) is 7.44. The van der Waals surface area contributed by atoms with Gasteiger partial charge in [0.2, 0.25) is 0 Å². The van der Waals surface area contributed by atoms with Gasteiger partial charge in [-0.15, -0.1) is 0 Å². The van der Waals surface area contributed by atoms with Crippen molar-refractivity contribution in [1.29, 1.82) is 0 Å². The van der Waals surface area contributed by atoms with E-state index in [1.807, 2.05) is 18.2 Å². The highest BCUT2D eigenvalue weighted by molar-refractivity contribution is 5.79. The average Bonchev–Trinajstić information content (AvgIpc) is 3.07. The summed E-state index contributed by atoms with van der Waals surface area (Å²) in [6.45, 7) is 8.45. The molecule has 2 rings (SSSR count). The zero-order valence-corrected chi connectivity index (χ0v) is 16.2. The van der Waals surface area contributed by atoms with Gasteiger partial charge in [0.15, 0.2) is 5.96 Å². The zero-order chi connectivity index (χ0) is 18.5. The Hall–Kier alpha value is -2.08. The number of hydrogen-bond donors (Lipinski definition) is 3. The number of guanidine groups is 1. The highest BCUT2D eigenvalue weighted by atomic mass is 16.5. The van der Waals surface area contributed by atoms with Crippen LogP contribution >= 0.6 is 0 Å². The van der Waals surface area contributed by atoms with Crippen LogP contribution in [0.2, 0.25) is 0 Å². The number of nitrogens with one attached hydrogen (secondary N) is 3. The van der Waals surface area contributed by atoms with Crippen LogP contribution in [-0.4, -0.2) is 48.8 Å². The SMILES string of the molecule is CCCCOCCCNC(=NCCCc1nc2ccccc2[nH]1)NCC. The van der Waals surface area contributed by atoms with Crippen LogP contribution in [-0.2, 0) is 11.2 Å². The maximum Gasteiger partial charge on any atom is 0.191 e. The van der Waals surface area contributed by atoms with E-state index in [-0.39, 0.29) is 0 Å². The Kier molecular flexibility index (Phi) is 9.57. The van der Waals surface area contributed by atoms with Gasteiger partial charge in [-0.2, -0.15) is 0 Å². The van der Waals surface area contributed by atoms with Crippen LogP contribution in [0.5, 0.6) is 0 Å². The summed E-state index contributed by atoms with van der Waals surface area (Å²) in [6, 6.07) is 8.13. The lowest BCUT2D eigenvalue weighted by molar-refractivity contribution is 0.129. The predicted octanol–water partition coefficient (Wildman–Crippen LogP) is 3.26. The van der Waals surface area contributed by atoms with Gasteiger partial charge in [0.05, 0.1) is 11.0 Å². The van der Waals surface area contributed by atoms with Crippen LogP contribution in [0.25, 0.3) is 11.0 Å². The summed E-state index contributed by atoms with van der Waals surface area (Å²) in [5.41, 5.74) is 2.13. The first-order valence-electron chi connectivity index (χ1n) is 9.87. The lowest BCUT2D eigenvalue weighted by atomic mass is 10.3. The molecule has 2 aromatic rings. The number of aromatic amines is 1. The lowest BCUT2D eigenvalue weighted by Crippen LogP contribution is -2.38. The van der Waals surface area contributed by atoms with Crippen molar-refractivity contribution < 1.29 is 4.74 Å². The van der Waals surface area contributed by atoms with Gasteiger partial charge < -0.3 is 20.4 Å². The van der Waals surface area contributed by atoms with Crippen LogP contribution in [0.4, 0.5) is 0 Å². The number of aliphatic imine (C=N–C) groups is 1. The molecule has 0 spiro atoms. The van der Waals surface area contributed by atoms with Crippen LogP contribution in [0.15, 0.2) is 29.3 Å². The summed E-state index contributed by atoms with van der Waals surface area (Å²) in [4.78, 5) is 12.6. The van der Waals surface area contributed by atoms with Crippen molar-refractivity contribution in [3.05, 3.63) is 30.1 Å². The van der Waals surface area contributed by atoms with Crippen molar-refractivity contribution in [2.75, 3.05) is 32.8 Å². The fraction of sp³-hybridized carbons (Fsp3) is 0.600. The van der Waals surface area contributed by atoms with Crippen LogP contribution in [0.1, 0.15) is 45.4 Å². The van der Waals surface area contributed by atoms with E-state index in [1.54, 1.807) is 0 Å². The Morgan fingerprint density at radius 2 is 1.96 bits per heavy atom. The third-order valence-corrected chi connectivity index (χ3v) is 4.02. The van der Waals surface area contributed by atoms with Gasteiger partial charge in [-0.3, -0.25) is 4.99 Å². The third-order valence-electron chi connectivity index (χ3n) is 4.02. The largest absolute Gasteiger partial charge is 0.381 e. The molecule has 3 N–H and O–H groups in total. The number of nitrogens with zero attached hydrogens (tertiary/aromatic N) is 2. The molecule has 0 aliphatic heterocycles. The minimum absolute atomic E-state index is 0.777. The summed E-state index contributed by atoms with van der Waals surface area (Å²) in [6.07, 6.45) is 5.19. The Morgan fingerprint density at radius 1 is 1.12 bits per heavy atom. The average molecular weight is 360 g/mol. The van der Waals surface area contributed by atoms with Crippen molar-refractivity contribution in [1.82, 2.24) is 20.6 Å². The molecular weight excluding hydrogens is 326 g/mol. The number of aryl methyl sites for hydroxylation is 1. The number of H-pyrrole nitrogens is 1. The Morgan fingerprint density at radius 3 is 2.77 bits per heavy atom. The molecule has 144 valence electrons. The van der Waals surface area contributed by atoms with Crippen molar-refractivity contribution in [2.45, 2.75) is 46.0 Å². The molecule has 0 atom stereocenters. The number of benzene rings is 1. The summed E-state index contributed by atoms with van der Waals surface area (Å²) < 4.78 is 5.58. The van der Waals surface area contributed by atoms with Crippen molar-refractivity contribution >= 4 is 17.0 Å². The molecule has 1 aromatic carbocycles. The molecule has 1 heterocycles. The summed E-state index contributed by atoms with van der Waals surface area (Å²) >= 11 is 0. The normalized spacial score (nSPS) is 11.8. The van der Waals surface area contributed by atoms with E-state index in [9.17, 15) is 0 Å². The number of ether oxygens (including phenoxy) is 1. The smallest absolute Gasteiger partial charge is 0.191 e. The second-order valence-electron chi connectivity index (χ2n) is 6.31. The number of rotatable bonds is 12. The van der Waals surface area contributed by atoms with Gasteiger partial charge >= 0.3 is 0 Å². The Labute approximate surface area is 156 Å². The molecule has 1 aromatic heterocycles. The predicted molar refractivity (Wildman–Crippen MR) is 109 cm³/mol. The number of imidazole rings is 1. The van der Waals surface area contributed by atoms with E-state index in [2.05, 4.69) is 45.5 Å². The maximum absolute atomic E-state index is 5.58. The quantitative estimate of drug-likeness (QED) is 0.309. The highest BCUT2D eigenvalue weighted by Gasteiger charge is 2.02. The first-order chi connectivity index (χ1) is 12.8. The molecule has 0 radical (unpaired) electrons. The van der Waals surface area contributed by atoms with Gasteiger partial charge in [-0.25, -0.2) is 4.98 Å². The van der Waals surface area contributed by atoms with Gasteiger partial charge in [0.1, 0.15) is 5.82 Å². The zero-order valence-electron chi connectivity index (χ0n) is 16.2. The number of hydrogen-bond acceptors (Lipinski definition) is 3. The number of unbranched alkanes of at least 4 members (excludes halogenated alkanes) is 1. The molecule has 6 nitrogen and oxygen atoms in total. The minimum atomic E-state index is 0.777. The molecule has 0 unspecified atom stereocenters. The highest BCUT2D eigenvalue weighted by Crippen LogP contribution is 2.11. The first-order valence-corrected chi connectivity index (χ1v) is 9.87. The summed E-state index contributed by atoms with van der Waals surface area (Å²) in [5, 5.41) is 6.66. The molecule has 0 aliphatic rings. The van der Waals surface area contributed by atoms with E-state index < -0.39 is 0 Å². The van der Waals surface area contributed by atoms with E-state index in [4.69, 9.17) is 4.74 Å². The Bertz CT molecular complexity index is 619. The first kappa shape index (κ1) is 20.2. The van der Waals surface area contributed by atoms with Crippen LogP contribution < -0.4 is 10.6 Å². The second-order valence-corrected chi connectivity index (χ2v) is 6.31. The molecule has 0 saturated heterocycles. The maximum atomic E-state index is 5.58. The molecule has 26 heavy (non-hydrogen) atoms. The minimum Gasteiger partial charge on any atom is -0.381 e. The van der Waals surface area contributed by atoms with Crippen molar-refractivity contribution in [3.63, 3.8) is 0 Å². The fourth-order valence-electron chi connectivity index (χ4n) is 2.63. The van der Waals surface area contributed by atoms with E-state index in [0.717, 1.165) is 81.3 Å². The molecule has 0 bridgehead atoms. The van der Waals surface area contributed by atoms with Gasteiger partial charge in [0.25, 0.3) is 0 Å². The van der Waals surface area contributed by atoms with Crippen LogP contribution in [0, 0.1) is 0 Å². The van der Waals surface area contributed by atoms with E-state index in [0.29, 0.717) is 0 Å². The van der Waals surface area contributed by atoms with E-state index >= 15 is 0 Å². The Balaban J connectivity index is 1.65. The number of fused-ring (bicyclic) bond motifs is 1. The van der Waals surface area contributed by atoms with Gasteiger partial charge in [0, 0.05) is 39.3 Å². The van der Waals surface area contributed by atoms with E-state index in [1.165, 1.54) is 6.42 Å². The molecule has 0 aliphatic carbocycles. The molecule has 0 amide bonds. The standard InChI is InChI=1S/C20H33N5O/c1-3-5-15-26-16-9-14-23-20(21-4-2)22-13-8-12-19-24-17-10-6-7-11-18(17)25-19/h6-7,10-11H,3-5,8-9,12-16H2,1-2H3,(H,24,25)(H2,21,22,23). The topological polar surface area (TPSA) is 74.3 Å². The monoisotopic (exact) mass is 359 g/mol. The summed E-state index contributed by atoms with van der Waals surface area (Å²) in [7, 11) is 0. The molecular formula is C20H33N5O. The summed E-state index contributed by atoms with van der Waals surface area (Å²) in [5.74, 6) is 1.91. The van der Waals surface area contributed by atoms with Gasteiger partial charge in [-0.1, -0.05) is 25.5 Å². The fourth-order valence-corrected chi connectivity index (χ4v) is 2.63. The second kappa shape index (κ2) is 12.3. The number of para-hydroxylation sites is 2. The number of aromatic nitrogens is 2. The molecule has 6 heteroatoms.